The molecule has 0 aliphatic carbocycles. The number of rotatable bonds is 0. The molecule has 0 saturated carbocycles. The summed E-state index contributed by atoms with van der Waals surface area (Å²) in [6, 6.07) is 1.65. The molecule has 0 amide bonds. The normalized spacial score (nSPS) is 8.75. The fraction of sp³-hybridized carbons (Fsp3) is 0.500. The van der Waals surface area contributed by atoms with E-state index < -0.39 is 0 Å². The van der Waals surface area contributed by atoms with Crippen LogP contribution in [0.2, 0.25) is 0 Å². The van der Waals surface area contributed by atoms with Gasteiger partial charge in [0.05, 0.1) is 0 Å². The molecule has 0 aliphatic heterocycles. The molecular formula is C10H17NO. The van der Waals surface area contributed by atoms with Gasteiger partial charge in [0, 0.05) is 19.3 Å². The Labute approximate surface area is 73.9 Å². The summed E-state index contributed by atoms with van der Waals surface area (Å²) < 4.78 is 1.59. The highest BCUT2D eigenvalue weighted by molar-refractivity contribution is 5.19. The number of hydrogen-bond acceptors (Lipinski definition) is 1. The second-order valence-electron chi connectivity index (χ2n) is 2.59. The van der Waals surface area contributed by atoms with E-state index in [1.165, 1.54) is 0 Å². The molecule has 0 fully saturated rings. The molecule has 0 aliphatic rings. The molecule has 12 heavy (non-hydrogen) atoms. The van der Waals surface area contributed by atoms with Crippen LogP contribution >= 0.6 is 0 Å². The SMILES string of the molecule is CC.Cc1cc(=O)n(C)cc1C. The minimum Gasteiger partial charge on any atom is -0.318 e. The lowest BCUT2D eigenvalue weighted by atomic mass is 10.2. The molecule has 0 radical (unpaired) electrons. The molecule has 0 atom stereocenters. The zero-order chi connectivity index (χ0) is 9.72. The topological polar surface area (TPSA) is 22.0 Å². The van der Waals surface area contributed by atoms with Crippen molar-refractivity contribution < 1.29 is 0 Å². The first kappa shape index (κ1) is 11.0. The zero-order valence-electron chi connectivity index (χ0n) is 8.51. The van der Waals surface area contributed by atoms with Crippen molar-refractivity contribution in [3.8, 4) is 0 Å². The zero-order valence-corrected chi connectivity index (χ0v) is 8.51. The molecule has 1 heterocycles. The van der Waals surface area contributed by atoms with Crippen LogP contribution in [0.1, 0.15) is 25.0 Å². The second kappa shape index (κ2) is 4.75. The monoisotopic (exact) mass is 167 g/mol. The van der Waals surface area contributed by atoms with Crippen molar-refractivity contribution in [1.82, 2.24) is 4.57 Å². The first-order valence-corrected chi connectivity index (χ1v) is 4.25. The Bertz CT molecular complexity index is 299. The molecule has 0 saturated heterocycles. The maximum Gasteiger partial charge on any atom is 0.250 e. The molecule has 1 aromatic rings. The lowest BCUT2D eigenvalue weighted by molar-refractivity contribution is 0.846. The van der Waals surface area contributed by atoms with Gasteiger partial charge in [-0.15, -0.1) is 0 Å². The van der Waals surface area contributed by atoms with Crippen LogP contribution in [0.3, 0.4) is 0 Å². The van der Waals surface area contributed by atoms with Crippen LogP contribution in [-0.2, 0) is 7.05 Å². The lowest BCUT2D eigenvalue weighted by Crippen LogP contribution is -2.15. The van der Waals surface area contributed by atoms with Crippen molar-refractivity contribution in [2.45, 2.75) is 27.7 Å². The molecule has 1 rings (SSSR count). The van der Waals surface area contributed by atoms with Gasteiger partial charge >= 0.3 is 0 Å². The van der Waals surface area contributed by atoms with Gasteiger partial charge in [-0.1, -0.05) is 13.8 Å². The van der Waals surface area contributed by atoms with E-state index in [4.69, 9.17) is 0 Å². The number of aromatic nitrogens is 1. The average Bonchev–Trinajstić information content (AvgIpc) is 2.05. The standard InChI is InChI=1S/C8H11NO.C2H6/c1-6-4-8(10)9(3)5-7(6)2;1-2/h4-5H,1-3H3;1-2H3. The minimum atomic E-state index is 0.0584. The average molecular weight is 167 g/mol. The smallest absolute Gasteiger partial charge is 0.250 e. The van der Waals surface area contributed by atoms with Crippen molar-refractivity contribution in [2.24, 2.45) is 7.05 Å². The Hall–Kier alpha value is -1.05. The summed E-state index contributed by atoms with van der Waals surface area (Å²) in [5.41, 5.74) is 2.27. The van der Waals surface area contributed by atoms with E-state index in [0.29, 0.717) is 0 Å². The van der Waals surface area contributed by atoms with Gasteiger partial charge in [-0.05, 0) is 25.0 Å². The van der Waals surface area contributed by atoms with Crippen LogP contribution in [0, 0.1) is 13.8 Å². The van der Waals surface area contributed by atoms with Gasteiger partial charge in [-0.2, -0.15) is 0 Å². The van der Waals surface area contributed by atoms with E-state index in [0.717, 1.165) is 11.1 Å². The molecule has 0 bridgehead atoms. The van der Waals surface area contributed by atoms with Crippen LogP contribution in [-0.4, -0.2) is 4.57 Å². The minimum absolute atomic E-state index is 0.0584. The maximum atomic E-state index is 11.0. The first-order valence-electron chi connectivity index (χ1n) is 4.25. The third kappa shape index (κ3) is 2.53. The molecule has 0 unspecified atom stereocenters. The first-order chi connectivity index (χ1) is 5.61. The Morgan fingerprint density at radius 3 is 2.08 bits per heavy atom. The molecule has 0 N–H and O–H groups in total. The fourth-order valence-corrected chi connectivity index (χ4v) is 0.857. The third-order valence-electron chi connectivity index (χ3n) is 1.70. The van der Waals surface area contributed by atoms with Crippen LogP contribution in [0.15, 0.2) is 17.1 Å². The molecule has 1 aromatic heterocycles. The molecule has 0 aromatic carbocycles. The van der Waals surface area contributed by atoms with Gasteiger partial charge in [0.25, 0.3) is 5.56 Å². The van der Waals surface area contributed by atoms with Crippen LogP contribution in [0.25, 0.3) is 0 Å². The summed E-state index contributed by atoms with van der Waals surface area (Å²) in [4.78, 5) is 11.0. The summed E-state index contributed by atoms with van der Waals surface area (Å²) >= 11 is 0. The predicted octanol–water partition coefficient (Wildman–Crippen LogP) is 2.03. The largest absolute Gasteiger partial charge is 0.318 e. The van der Waals surface area contributed by atoms with E-state index in [2.05, 4.69) is 0 Å². The van der Waals surface area contributed by atoms with E-state index in [9.17, 15) is 4.79 Å². The third-order valence-corrected chi connectivity index (χ3v) is 1.70. The van der Waals surface area contributed by atoms with Gasteiger partial charge < -0.3 is 4.57 Å². The summed E-state index contributed by atoms with van der Waals surface area (Å²) in [5, 5.41) is 0. The van der Waals surface area contributed by atoms with E-state index in [-0.39, 0.29) is 5.56 Å². The quantitative estimate of drug-likeness (QED) is 0.579. The Morgan fingerprint density at radius 1 is 1.17 bits per heavy atom. The van der Waals surface area contributed by atoms with Crippen molar-refractivity contribution >= 4 is 0 Å². The number of aryl methyl sites for hydroxylation is 3. The number of hydrogen-bond donors (Lipinski definition) is 0. The van der Waals surface area contributed by atoms with E-state index in [1.807, 2.05) is 33.9 Å². The van der Waals surface area contributed by atoms with Gasteiger partial charge in [0.1, 0.15) is 0 Å². The van der Waals surface area contributed by atoms with Gasteiger partial charge in [0.15, 0.2) is 0 Å². The fourth-order valence-electron chi connectivity index (χ4n) is 0.857. The van der Waals surface area contributed by atoms with Crippen molar-refractivity contribution in [3.63, 3.8) is 0 Å². The Morgan fingerprint density at radius 2 is 1.67 bits per heavy atom. The van der Waals surface area contributed by atoms with Crippen molar-refractivity contribution in [2.75, 3.05) is 0 Å². The summed E-state index contributed by atoms with van der Waals surface area (Å²) in [7, 11) is 1.76. The van der Waals surface area contributed by atoms with Crippen LogP contribution in [0.4, 0.5) is 0 Å². The molecular weight excluding hydrogens is 150 g/mol. The van der Waals surface area contributed by atoms with Crippen LogP contribution < -0.4 is 5.56 Å². The molecule has 2 nitrogen and oxygen atoms in total. The highest BCUT2D eigenvalue weighted by atomic mass is 16.1. The van der Waals surface area contributed by atoms with E-state index >= 15 is 0 Å². The highest BCUT2D eigenvalue weighted by Gasteiger charge is 1.93. The summed E-state index contributed by atoms with van der Waals surface area (Å²) in [6.45, 7) is 7.94. The van der Waals surface area contributed by atoms with Gasteiger partial charge in [0.2, 0.25) is 0 Å². The van der Waals surface area contributed by atoms with Gasteiger partial charge in [-0.25, -0.2) is 0 Å². The number of pyridine rings is 1. The molecule has 2 heteroatoms. The van der Waals surface area contributed by atoms with Gasteiger partial charge in [-0.3, -0.25) is 4.79 Å². The van der Waals surface area contributed by atoms with Crippen LogP contribution in [0.5, 0.6) is 0 Å². The summed E-state index contributed by atoms with van der Waals surface area (Å²) in [6.07, 6.45) is 1.84. The molecule has 68 valence electrons. The Kier molecular flexibility index (Phi) is 4.34. The molecule has 0 spiro atoms. The maximum absolute atomic E-state index is 11.0. The van der Waals surface area contributed by atoms with Crippen molar-refractivity contribution in [1.29, 1.82) is 0 Å². The second-order valence-corrected chi connectivity index (χ2v) is 2.59. The number of nitrogens with zero attached hydrogens (tertiary/aromatic N) is 1. The summed E-state index contributed by atoms with van der Waals surface area (Å²) in [5.74, 6) is 0. The predicted molar refractivity (Wildman–Crippen MR) is 52.5 cm³/mol. The highest BCUT2D eigenvalue weighted by Crippen LogP contribution is 1.99. The lowest BCUT2D eigenvalue weighted by Gasteiger charge is -2.00. The Balaban J connectivity index is 0.000000561. The van der Waals surface area contributed by atoms with Crippen molar-refractivity contribution in [3.05, 3.63) is 33.7 Å². The van der Waals surface area contributed by atoms with E-state index in [1.54, 1.807) is 17.7 Å².